The largest absolute Gasteiger partial charge is 0.478 e. The van der Waals surface area contributed by atoms with Crippen LogP contribution in [0.15, 0.2) is 78.9 Å². The van der Waals surface area contributed by atoms with Crippen molar-refractivity contribution in [3.05, 3.63) is 90.0 Å². The Kier molecular flexibility index (Phi) is 7.09. The molecule has 0 saturated carbocycles. The van der Waals surface area contributed by atoms with Crippen molar-refractivity contribution in [3.8, 4) is 11.1 Å². The van der Waals surface area contributed by atoms with Crippen LogP contribution >= 0.6 is 0 Å². The van der Waals surface area contributed by atoms with E-state index in [9.17, 15) is 9.59 Å². The van der Waals surface area contributed by atoms with Crippen molar-refractivity contribution in [1.29, 1.82) is 0 Å². The second-order valence-electron chi connectivity index (χ2n) is 8.56. The molecule has 0 unspecified atom stereocenters. The van der Waals surface area contributed by atoms with Crippen LogP contribution in [0.3, 0.4) is 0 Å². The second kappa shape index (κ2) is 10.4. The number of ether oxygens (including phenoxy) is 1. The number of anilines is 2. The lowest BCUT2D eigenvalue weighted by Gasteiger charge is -2.32. The average Bonchev–Trinajstić information content (AvgIpc) is 2.80. The van der Waals surface area contributed by atoms with E-state index in [2.05, 4.69) is 41.3 Å². The lowest BCUT2D eigenvalue weighted by Crippen LogP contribution is -2.44. The van der Waals surface area contributed by atoms with Crippen LogP contribution in [0.1, 0.15) is 11.1 Å². The number of rotatable bonds is 8. The van der Waals surface area contributed by atoms with Crippen LogP contribution in [0.5, 0.6) is 0 Å². The van der Waals surface area contributed by atoms with Crippen molar-refractivity contribution >= 4 is 29.3 Å². The Morgan fingerprint density at radius 1 is 0.941 bits per heavy atom. The van der Waals surface area contributed by atoms with E-state index in [1.54, 1.807) is 4.90 Å². The van der Waals surface area contributed by atoms with E-state index in [0.717, 1.165) is 39.7 Å². The summed E-state index contributed by atoms with van der Waals surface area (Å²) < 4.78 is 5.24. The number of hydrogen-bond donors (Lipinski definition) is 1. The lowest BCUT2D eigenvalue weighted by atomic mass is 10.0. The first kappa shape index (κ1) is 23.3. The first-order chi connectivity index (χ1) is 16.4. The molecule has 0 spiro atoms. The van der Waals surface area contributed by atoms with Gasteiger partial charge in [0.2, 0.25) is 5.91 Å². The molecule has 1 fully saturated rings. The highest BCUT2D eigenvalue weighted by atomic mass is 16.5. The molecule has 0 radical (unpaired) electrons. The summed E-state index contributed by atoms with van der Waals surface area (Å²) in [6.07, 6.45) is 2.62. The first-order valence-electron chi connectivity index (χ1n) is 11.2. The summed E-state index contributed by atoms with van der Waals surface area (Å²) in [5.74, 6) is -1.16. The van der Waals surface area contributed by atoms with Crippen LogP contribution < -0.4 is 9.80 Å². The maximum Gasteiger partial charge on any atom is 0.328 e. The molecular weight excluding hydrogens is 428 g/mol. The summed E-state index contributed by atoms with van der Waals surface area (Å²) in [5.41, 5.74) is 5.85. The summed E-state index contributed by atoms with van der Waals surface area (Å²) in [4.78, 5) is 27.9. The van der Waals surface area contributed by atoms with E-state index in [1.165, 1.54) is 6.08 Å². The van der Waals surface area contributed by atoms with Gasteiger partial charge in [-0.15, -0.1) is 0 Å². The highest BCUT2D eigenvalue weighted by Gasteiger charge is 2.31. The van der Waals surface area contributed by atoms with Crippen LogP contribution in [0.2, 0.25) is 0 Å². The third kappa shape index (κ3) is 5.53. The van der Waals surface area contributed by atoms with Gasteiger partial charge in [-0.2, -0.15) is 0 Å². The van der Waals surface area contributed by atoms with E-state index in [4.69, 9.17) is 9.84 Å². The number of carboxylic acids is 1. The molecule has 0 aromatic heterocycles. The molecule has 1 N–H and O–H groups in total. The molecule has 0 aliphatic carbocycles. The molecular formula is C28H28N2O4. The summed E-state index contributed by atoms with van der Waals surface area (Å²) >= 11 is 0. The Labute approximate surface area is 199 Å². The van der Waals surface area contributed by atoms with Crippen molar-refractivity contribution < 1.29 is 19.4 Å². The Bertz CT molecular complexity index is 1180. The summed E-state index contributed by atoms with van der Waals surface area (Å²) in [6, 6.07) is 24.0. The Balaban J connectivity index is 1.56. The molecule has 0 bridgehead atoms. The number of benzene rings is 3. The van der Waals surface area contributed by atoms with E-state index < -0.39 is 5.97 Å². The summed E-state index contributed by atoms with van der Waals surface area (Å²) in [6.45, 7) is 1.27. The van der Waals surface area contributed by atoms with E-state index >= 15 is 0 Å². The molecule has 34 heavy (non-hydrogen) atoms. The first-order valence-corrected chi connectivity index (χ1v) is 11.2. The van der Waals surface area contributed by atoms with Gasteiger partial charge in [0.15, 0.2) is 0 Å². The van der Waals surface area contributed by atoms with Crippen molar-refractivity contribution in [2.24, 2.45) is 5.92 Å². The van der Waals surface area contributed by atoms with Gasteiger partial charge in [-0.3, -0.25) is 4.79 Å². The number of carbonyl (C=O) groups is 2. The molecule has 6 nitrogen and oxygen atoms in total. The maximum atomic E-state index is 13.2. The van der Waals surface area contributed by atoms with Gasteiger partial charge in [-0.05, 0) is 52.6 Å². The zero-order chi connectivity index (χ0) is 24.1. The number of aliphatic carboxylic acids is 1. The molecule has 6 heteroatoms. The molecule has 1 heterocycles. The fourth-order valence-corrected chi connectivity index (χ4v) is 3.80. The minimum absolute atomic E-state index is 0.00830. The third-order valence-electron chi connectivity index (χ3n) is 5.87. The van der Waals surface area contributed by atoms with Gasteiger partial charge in [-0.1, -0.05) is 48.5 Å². The predicted molar refractivity (Wildman–Crippen MR) is 135 cm³/mol. The quantitative estimate of drug-likeness (QED) is 0.498. The fraction of sp³-hybridized carbons (Fsp3) is 0.214. The van der Waals surface area contributed by atoms with Gasteiger partial charge >= 0.3 is 5.97 Å². The van der Waals surface area contributed by atoms with Crippen molar-refractivity contribution in [3.63, 3.8) is 0 Å². The topological polar surface area (TPSA) is 70.1 Å². The van der Waals surface area contributed by atoms with Crippen LogP contribution in [0.4, 0.5) is 11.4 Å². The molecule has 0 atom stereocenters. The second-order valence-corrected chi connectivity index (χ2v) is 8.56. The van der Waals surface area contributed by atoms with Gasteiger partial charge in [0, 0.05) is 31.5 Å². The van der Waals surface area contributed by atoms with E-state index in [1.807, 2.05) is 50.5 Å². The molecule has 174 valence electrons. The predicted octanol–water partition coefficient (Wildman–Crippen LogP) is 4.70. The Morgan fingerprint density at radius 2 is 1.59 bits per heavy atom. The summed E-state index contributed by atoms with van der Waals surface area (Å²) in [7, 11) is 4.04. The normalized spacial score (nSPS) is 13.5. The van der Waals surface area contributed by atoms with Gasteiger partial charge in [0.05, 0.1) is 25.7 Å². The van der Waals surface area contributed by atoms with Crippen LogP contribution in [0, 0.1) is 5.92 Å². The van der Waals surface area contributed by atoms with Gasteiger partial charge < -0.3 is 19.6 Å². The maximum absolute atomic E-state index is 13.2. The lowest BCUT2D eigenvalue weighted by molar-refractivity contribution is -0.136. The molecule has 1 aliphatic heterocycles. The highest BCUT2D eigenvalue weighted by Crippen LogP contribution is 2.27. The smallest absolute Gasteiger partial charge is 0.328 e. The van der Waals surface area contributed by atoms with Gasteiger partial charge in [0.25, 0.3) is 0 Å². The SMILES string of the molecule is CN(C)c1ccc(-c2ccc(CN(C(=O)C3COC3)c3cccc(C=CC(=O)O)c3)cc2)cc1. The fourth-order valence-electron chi connectivity index (χ4n) is 3.80. The minimum Gasteiger partial charge on any atom is -0.478 e. The standard InChI is InChI=1S/C28H28N2O4/c1-29(2)25-13-11-23(12-14-25)22-9-6-21(7-10-22)17-30(28(33)24-18-34-19-24)26-5-3-4-20(16-26)8-15-27(31)32/h3-16,24H,17-19H2,1-2H3,(H,31,32). The molecule has 1 aliphatic rings. The zero-order valence-corrected chi connectivity index (χ0v) is 19.3. The monoisotopic (exact) mass is 456 g/mol. The molecule has 3 aromatic carbocycles. The van der Waals surface area contributed by atoms with Crippen molar-refractivity contribution in [2.75, 3.05) is 37.1 Å². The molecule has 3 aromatic rings. The van der Waals surface area contributed by atoms with Crippen molar-refractivity contribution in [2.45, 2.75) is 6.54 Å². The van der Waals surface area contributed by atoms with Crippen LogP contribution in [0.25, 0.3) is 17.2 Å². The van der Waals surface area contributed by atoms with Crippen molar-refractivity contribution in [1.82, 2.24) is 0 Å². The van der Waals surface area contributed by atoms with Gasteiger partial charge in [-0.25, -0.2) is 4.79 Å². The number of hydrogen-bond acceptors (Lipinski definition) is 4. The number of carbonyl (C=O) groups excluding carboxylic acids is 1. The number of carboxylic acid groups (broad SMARTS) is 1. The molecule has 1 amide bonds. The zero-order valence-electron chi connectivity index (χ0n) is 19.3. The average molecular weight is 457 g/mol. The third-order valence-corrected chi connectivity index (χ3v) is 5.87. The Morgan fingerprint density at radius 3 is 2.15 bits per heavy atom. The van der Waals surface area contributed by atoms with Crippen LogP contribution in [-0.2, 0) is 20.9 Å². The molecule has 1 saturated heterocycles. The minimum atomic E-state index is -1.01. The van der Waals surface area contributed by atoms with E-state index in [0.29, 0.717) is 19.8 Å². The van der Waals surface area contributed by atoms with Gasteiger partial charge in [0.1, 0.15) is 0 Å². The Hall–Kier alpha value is -3.90. The summed E-state index contributed by atoms with van der Waals surface area (Å²) in [5, 5.41) is 8.92. The number of amides is 1. The molecule has 4 rings (SSSR count). The van der Waals surface area contributed by atoms with E-state index in [-0.39, 0.29) is 11.8 Å². The highest BCUT2D eigenvalue weighted by molar-refractivity contribution is 5.96. The number of nitrogens with zero attached hydrogens (tertiary/aromatic N) is 2. The van der Waals surface area contributed by atoms with Crippen LogP contribution in [-0.4, -0.2) is 44.3 Å².